The fourth-order valence-electron chi connectivity index (χ4n) is 1.08. The molecular formula is C9H9N7O. The van der Waals surface area contributed by atoms with E-state index in [0.717, 1.165) is 0 Å². The molecule has 0 aliphatic carbocycles. The van der Waals surface area contributed by atoms with Gasteiger partial charge in [0.25, 0.3) is 5.91 Å². The molecular weight excluding hydrogens is 222 g/mol. The average molecular weight is 231 g/mol. The minimum atomic E-state index is -0.393. The van der Waals surface area contributed by atoms with Gasteiger partial charge in [0.1, 0.15) is 12.0 Å². The third-order valence-corrected chi connectivity index (χ3v) is 1.85. The number of carbonyl (C=O) groups excluding carboxylic acids is 1. The van der Waals surface area contributed by atoms with Gasteiger partial charge < -0.3 is 10.7 Å². The molecule has 0 aliphatic rings. The van der Waals surface area contributed by atoms with Crippen LogP contribution in [0.4, 0.5) is 11.5 Å². The fourth-order valence-corrected chi connectivity index (χ4v) is 1.08. The lowest BCUT2D eigenvalue weighted by Crippen LogP contribution is -2.15. The quantitative estimate of drug-likeness (QED) is 0.494. The molecule has 17 heavy (non-hydrogen) atoms. The summed E-state index contributed by atoms with van der Waals surface area (Å²) >= 11 is 0. The third kappa shape index (κ3) is 2.69. The first kappa shape index (κ1) is 10.9. The van der Waals surface area contributed by atoms with Gasteiger partial charge in [-0.25, -0.2) is 25.8 Å². The smallest absolute Gasteiger partial charge is 0.275 e. The molecule has 0 saturated heterocycles. The molecule has 0 bridgehead atoms. The minimum absolute atomic E-state index is 0.174. The van der Waals surface area contributed by atoms with Gasteiger partial charge in [-0.3, -0.25) is 4.79 Å². The van der Waals surface area contributed by atoms with E-state index < -0.39 is 5.91 Å². The topological polar surface area (TPSA) is 119 Å². The van der Waals surface area contributed by atoms with Gasteiger partial charge in [-0.05, 0) is 0 Å². The molecule has 0 saturated carbocycles. The highest BCUT2D eigenvalue weighted by molar-refractivity contribution is 6.02. The van der Waals surface area contributed by atoms with Crippen molar-refractivity contribution in [3.8, 4) is 0 Å². The van der Waals surface area contributed by atoms with Gasteiger partial charge in [0, 0.05) is 0 Å². The number of nitrogens with one attached hydrogen (secondary N) is 2. The normalized spacial score (nSPS) is 9.71. The lowest BCUT2D eigenvalue weighted by atomic mass is 10.4. The molecule has 4 N–H and O–H groups in total. The van der Waals surface area contributed by atoms with Crippen molar-refractivity contribution in [1.82, 2.24) is 19.9 Å². The number of aromatic nitrogens is 4. The van der Waals surface area contributed by atoms with E-state index in [2.05, 4.69) is 30.7 Å². The predicted octanol–water partition coefficient (Wildman–Crippen LogP) is -0.196. The summed E-state index contributed by atoms with van der Waals surface area (Å²) in [5.74, 6) is 5.12. The first-order chi connectivity index (χ1) is 8.29. The molecule has 2 aromatic heterocycles. The number of amides is 1. The molecule has 86 valence electrons. The zero-order valence-corrected chi connectivity index (χ0v) is 8.66. The first-order valence-corrected chi connectivity index (χ1v) is 4.64. The predicted molar refractivity (Wildman–Crippen MR) is 59.8 cm³/mol. The number of hydrogen-bond acceptors (Lipinski definition) is 7. The number of rotatable bonds is 3. The first-order valence-electron chi connectivity index (χ1n) is 4.64. The van der Waals surface area contributed by atoms with Crippen molar-refractivity contribution in [2.75, 3.05) is 10.7 Å². The summed E-state index contributed by atoms with van der Waals surface area (Å²) in [5, 5.41) is 2.58. The number of carbonyl (C=O) groups is 1. The number of nitrogen functional groups attached to an aromatic ring is 1. The van der Waals surface area contributed by atoms with Crippen LogP contribution < -0.4 is 16.6 Å². The Balaban J connectivity index is 2.09. The van der Waals surface area contributed by atoms with Crippen molar-refractivity contribution in [1.29, 1.82) is 0 Å². The maximum absolute atomic E-state index is 11.7. The van der Waals surface area contributed by atoms with Gasteiger partial charge in [0.15, 0.2) is 5.82 Å². The van der Waals surface area contributed by atoms with E-state index in [0.29, 0.717) is 11.5 Å². The second-order valence-corrected chi connectivity index (χ2v) is 3.01. The van der Waals surface area contributed by atoms with Crippen LogP contribution >= 0.6 is 0 Å². The van der Waals surface area contributed by atoms with Crippen LogP contribution in [0.15, 0.2) is 31.1 Å². The summed E-state index contributed by atoms with van der Waals surface area (Å²) < 4.78 is 0. The zero-order chi connectivity index (χ0) is 12.1. The molecule has 8 heteroatoms. The summed E-state index contributed by atoms with van der Waals surface area (Å²) in [6.07, 6.45) is 7.00. The van der Waals surface area contributed by atoms with Crippen LogP contribution in [0.2, 0.25) is 0 Å². The second-order valence-electron chi connectivity index (χ2n) is 3.01. The molecule has 0 aromatic carbocycles. The molecule has 1 amide bonds. The van der Waals surface area contributed by atoms with Gasteiger partial charge >= 0.3 is 0 Å². The molecule has 0 atom stereocenters. The van der Waals surface area contributed by atoms with Crippen molar-refractivity contribution in [3.05, 3.63) is 36.8 Å². The Labute approximate surface area is 96.3 Å². The minimum Gasteiger partial charge on any atom is -0.318 e. The fraction of sp³-hybridized carbons (Fsp3) is 0. The average Bonchev–Trinajstić information content (AvgIpc) is 2.40. The maximum atomic E-state index is 11.7. The number of nitrogens with two attached hydrogens (primary N) is 1. The van der Waals surface area contributed by atoms with Crippen molar-refractivity contribution in [2.24, 2.45) is 5.84 Å². The highest BCUT2D eigenvalue weighted by Gasteiger charge is 2.08. The third-order valence-electron chi connectivity index (χ3n) is 1.85. The number of hydrazine groups is 1. The van der Waals surface area contributed by atoms with Crippen molar-refractivity contribution < 1.29 is 4.79 Å². The van der Waals surface area contributed by atoms with E-state index in [-0.39, 0.29) is 5.69 Å². The van der Waals surface area contributed by atoms with Crippen LogP contribution in [-0.4, -0.2) is 25.8 Å². The van der Waals surface area contributed by atoms with Crippen molar-refractivity contribution in [2.45, 2.75) is 0 Å². The molecule has 0 radical (unpaired) electrons. The van der Waals surface area contributed by atoms with E-state index in [1.54, 1.807) is 0 Å². The Morgan fingerprint density at radius 1 is 1.12 bits per heavy atom. The van der Waals surface area contributed by atoms with Crippen LogP contribution in [-0.2, 0) is 0 Å². The van der Waals surface area contributed by atoms with Gasteiger partial charge in [-0.1, -0.05) is 0 Å². The molecule has 0 unspecified atom stereocenters. The highest BCUT2D eigenvalue weighted by atomic mass is 16.1. The van der Waals surface area contributed by atoms with E-state index in [1.165, 1.54) is 31.1 Å². The van der Waals surface area contributed by atoms with Gasteiger partial charge in [0.05, 0.1) is 30.5 Å². The maximum Gasteiger partial charge on any atom is 0.275 e. The lowest BCUT2D eigenvalue weighted by Gasteiger charge is -2.03. The van der Waals surface area contributed by atoms with Crippen LogP contribution in [0.3, 0.4) is 0 Å². The largest absolute Gasteiger partial charge is 0.318 e. The number of hydrogen-bond donors (Lipinski definition) is 3. The molecule has 0 fully saturated rings. The van der Waals surface area contributed by atoms with Crippen LogP contribution in [0.1, 0.15) is 10.5 Å². The summed E-state index contributed by atoms with van der Waals surface area (Å²) in [6, 6.07) is 0. The van der Waals surface area contributed by atoms with Crippen LogP contribution in [0, 0.1) is 0 Å². The standard InChI is InChI=1S/C9H9N7O/c10-16-8-4-13-7(3-14-8)9(17)15-6-1-11-5-12-2-6/h1-5H,10H2,(H,14,16)(H,15,17). The van der Waals surface area contributed by atoms with Crippen LogP contribution in [0.25, 0.3) is 0 Å². The molecule has 0 aliphatic heterocycles. The van der Waals surface area contributed by atoms with Crippen molar-refractivity contribution >= 4 is 17.4 Å². The van der Waals surface area contributed by atoms with E-state index in [4.69, 9.17) is 5.84 Å². The Morgan fingerprint density at radius 3 is 2.47 bits per heavy atom. The monoisotopic (exact) mass is 231 g/mol. The molecule has 2 rings (SSSR count). The summed E-state index contributed by atoms with van der Waals surface area (Å²) in [5.41, 5.74) is 2.98. The summed E-state index contributed by atoms with van der Waals surface area (Å²) in [7, 11) is 0. The molecule has 0 spiro atoms. The van der Waals surface area contributed by atoms with Crippen LogP contribution in [0.5, 0.6) is 0 Å². The highest BCUT2D eigenvalue weighted by Crippen LogP contribution is 2.04. The lowest BCUT2D eigenvalue weighted by molar-refractivity contribution is 0.102. The van der Waals surface area contributed by atoms with E-state index in [1.807, 2.05) is 0 Å². The van der Waals surface area contributed by atoms with E-state index >= 15 is 0 Å². The Kier molecular flexibility index (Phi) is 3.17. The number of anilines is 2. The van der Waals surface area contributed by atoms with Gasteiger partial charge in [-0.2, -0.15) is 0 Å². The van der Waals surface area contributed by atoms with Gasteiger partial charge in [-0.15, -0.1) is 0 Å². The van der Waals surface area contributed by atoms with Gasteiger partial charge in [0.2, 0.25) is 0 Å². The molecule has 8 nitrogen and oxygen atoms in total. The Bertz CT molecular complexity index is 499. The Morgan fingerprint density at radius 2 is 1.88 bits per heavy atom. The van der Waals surface area contributed by atoms with Crippen molar-refractivity contribution in [3.63, 3.8) is 0 Å². The second kappa shape index (κ2) is 4.94. The SMILES string of the molecule is NNc1cnc(C(=O)Nc2cncnc2)cn1. The molecule has 2 heterocycles. The van der Waals surface area contributed by atoms with E-state index in [9.17, 15) is 4.79 Å². The summed E-state index contributed by atoms with van der Waals surface area (Å²) in [4.78, 5) is 27.0. The Hall–Kier alpha value is -2.61. The number of nitrogens with zero attached hydrogens (tertiary/aromatic N) is 4. The molecule has 2 aromatic rings. The zero-order valence-electron chi connectivity index (χ0n) is 8.66. The summed E-state index contributed by atoms with van der Waals surface area (Å²) in [6.45, 7) is 0.